The topological polar surface area (TPSA) is 92.6 Å². The summed E-state index contributed by atoms with van der Waals surface area (Å²) in [5.41, 5.74) is 0.589. The number of hydrogen-bond acceptors (Lipinski definition) is 4. The molecule has 2 aromatic carbocycles. The maximum absolute atomic E-state index is 12.7. The van der Waals surface area contributed by atoms with E-state index < -0.39 is 10.8 Å². The number of hydrogen-bond donors (Lipinski definition) is 1. The number of nitrogens with zero attached hydrogens (tertiary/aromatic N) is 2. The van der Waals surface area contributed by atoms with Crippen molar-refractivity contribution in [3.05, 3.63) is 69.8 Å². The monoisotopic (exact) mass is 369 g/mol. The van der Waals surface area contributed by atoms with Gasteiger partial charge in [-0.3, -0.25) is 19.7 Å². The molecule has 0 saturated heterocycles. The number of carbonyl (C=O) groups excluding carboxylic acids is 2. The van der Waals surface area contributed by atoms with Crippen LogP contribution in [0.3, 0.4) is 0 Å². The highest BCUT2D eigenvalue weighted by molar-refractivity contribution is 6.07. The van der Waals surface area contributed by atoms with Crippen LogP contribution >= 0.6 is 0 Å². The smallest absolute Gasteiger partial charge is 0.282 e. The summed E-state index contributed by atoms with van der Waals surface area (Å²) >= 11 is 0. The van der Waals surface area contributed by atoms with Gasteiger partial charge in [0.1, 0.15) is 5.56 Å². The van der Waals surface area contributed by atoms with E-state index in [0.29, 0.717) is 24.3 Å². The minimum absolute atomic E-state index is 0.0298. The minimum atomic E-state index is -0.595. The zero-order valence-corrected chi connectivity index (χ0v) is 15.5. The van der Waals surface area contributed by atoms with Gasteiger partial charge < -0.3 is 10.2 Å². The van der Waals surface area contributed by atoms with Crippen molar-refractivity contribution in [3.8, 4) is 0 Å². The number of nitro benzene ring substituents is 1. The molecule has 0 saturated carbocycles. The highest BCUT2D eigenvalue weighted by Gasteiger charge is 2.20. The van der Waals surface area contributed by atoms with Crippen molar-refractivity contribution in [2.75, 3.05) is 18.4 Å². The molecule has 0 bridgehead atoms. The van der Waals surface area contributed by atoms with Crippen LogP contribution in [0.2, 0.25) is 0 Å². The fourth-order valence-corrected chi connectivity index (χ4v) is 2.79. The van der Waals surface area contributed by atoms with Crippen LogP contribution in [0.5, 0.6) is 0 Å². The molecule has 142 valence electrons. The first-order valence-corrected chi connectivity index (χ1v) is 8.92. The van der Waals surface area contributed by atoms with Crippen LogP contribution in [-0.2, 0) is 0 Å². The predicted molar refractivity (Wildman–Crippen MR) is 104 cm³/mol. The maximum atomic E-state index is 12.7. The second-order valence-electron chi connectivity index (χ2n) is 6.10. The number of benzene rings is 2. The molecule has 1 N–H and O–H groups in total. The first-order chi connectivity index (χ1) is 13.0. The van der Waals surface area contributed by atoms with Crippen LogP contribution in [0.15, 0.2) is 48.5 Å². The molecule has 0 fully saturated rings. The Labute approximate surface area is 158 Å². The van der Waals surface area contributed by atoms with Gasteiger partial charge in [-0.15, -0.1) is 0 Å². The van der Waals surface area contributed by atoms with E-state index in [9.17, 15) is 19.7 Å². The van der Waals surface area contributed by atoms with Gasteiger partial charge in [-0.1, -0.05) is 32.0 Å². The molecule has 0 spiro atoms. The zero-order valence-electron chi connectivity index (χ0n) is 15.5. The van der Waals surface area contributed by atoms with E-state index >= 15 is 0 Å². The maximum Gasteiger partial charge on any atom is 0.282 e. The minimum Gasteiger partial charge on any atom is -0.339 e. The van der Waals surface area contributed by atoms with E-state index in [-0.39, 0.29) is 17.2 Å². The third-order valence-electron chi connectivity index (χ3n) is 3.99. The van der Waals surface area contributed by atoms with Gasteiger partial charge >= 0.3 is 0 Å². The highest BCUT2D eigenvalue weighted by Crippen LogP contribution is 2.20. The molecule has 7 heteroatoms. The van der Waals surface area contributed by atoms with Gasteiger partial charge in [0, 0.05) is 30.4 Å². The number of nitrogens with one attached hydrogen (secondary N) is 1. The lowest BCUT2D eigenvalue weighted by atomic mass is 10.1. The van der Waals surface area contributed by atoms with Crippen molar-refractivity contribution in [3.63, 3.8) is 0 Å². The lowest BCUT2D eigenvalue weighted by molar-refractivity contribution is -0.385. The van der Waals surface area contributed by atoms with Crippen molar-refractivity contribution >= 4 is 23.2 Å². The van der Waals surface area contributed by atoms with Crippen molar-refractivity contribution < 1.29 is 14.5 Å². The zero-order chi connectivity index (χ0) is 19.8. The van der Waals surface area contributed by atoms with E-state index in [4.69, 9.17) is 0 Å². The Kier molecular flexibility index (Phi) is 7.05. The molecule has 0 aliphatic rings. The molecule has 27 heavy (non-hydrogen) atoms. The van der Waals surface area contributed by atoms with Gasteiger partial charge in [-0.25, -0.2) is 0 Å². The molecule has 2 rings (SSSR count). The van der Waals surface area contributed by atoms with E-state index in [1.165, 1.54) is 18.2 Å². The largest absolute Gasteiger partial charge is 0.339 e. The normalized spacial score (nSPS) is 10.3. The molecule has 7 nitrogen and oxygen atoms in total. The first kappa shape index (κ1) is 20.1. The van der Waals surface area contributed by atoms with Gasteiger partial charge in [-0.05, 0) is 37.1 Å². The molecule has 0 unspecified atom stereocenters. The van der Waals surface area contributed by atoms with Gasteiger partial charge in [-0.2, -0.15) is 0 Å². The Morgan fingerprint density at radius 3 is 2.33 bits per heavy atom. The average Bonchev–Trinajstić information content (AvgIpc) is 2.67. The van der Waals surface area contributed by atoms with E-state index in [1.54, 1.807) is 35.2 Å². The van der Waals surface area contributed by atoms with E-state index in [2.05, 4.69) is 5.32 Å². The SMILES string of the molecule is CCCN(CCC)C(=O)c1cccc(NC(=O)c2ccccc2[N+](=O)[O-])c1. The molecule has 2 aromatic rings. The third-order valence-corrected chi connectivity index (χ3v) is 3.99. The fourth-order valence-electron chi connectivity index (χ4n) is 2.79. The van der Waals surface area contributed by atoms with Gasteiger partial charge in [0.25, 0.3) is 17.5 Å². The molecule has 0 atom stereocenters. The van der Waals surface area contributed by atoms with Crippen molar-refractivity contribution in [1.82, 2.24) is 4.90 Å². The van der Waals surface area contributed by atoms with Crippen molar-refractivity contribution in [2.45, 2.75) is 26.7 Å². The Bertz CT molecular complexity index is 829. The summed E-state index contributed by atoms with van der Waals surface area (Å²) in [6.07, 6.45) is 1.72. The number of carbonyl (C=O) groups is 2. The van der Waals surface area contributed by atoms with Crippen LogP contribution in [0.1, 0.15) is 47.4 Å². The molecule has 0 aliphatic heterocycles. The van der Waals surface area contributed by atoms with Crippen molar-refractivity contribution in [1.29, 1.82) is 0 Å². The van der Waals surface area contributed by atoms with Crippen LogP contribution in [0.4, 0.5) is 11.4 Å². The molecular formula is C20H23N3O4. The molecule has 0 aliphatic carbocycles. The molecule has 0 heterocycles. The molecular weight excluding hydrogens is 346 g/mol. The average molecular weight is 369 g/mol. The Morgan fingerprint density at radius 1 is 1.04 bits per heavy atom. The lowest BCUT2D eigenvalue weighted by Crippen LogP contribution is -2.32. The van der Waals surface area contributed by atoms with Crippen LogP contribution < -0.4 is 5.32 Å². The quantitative estimate of drug-likeness (QED) is 0.560. The molecule has 2 amide bonds. The third kappa shape index (κ3) is 5.13. The first-order valence-electron chi connectivity index (χ1n) is 8.92. The van der Waals surface area contributed by atoms with Gasteiger partial charge in [0.15, 0.2) is 0 Å². The Morgan fingerprint density at radius 2 is 1.70 bits per heavy atom. The molecule has 0 aromatic heterocycles. The van der Waals surface area contributed by atoms with Crippen LogP contribution in [0.25, 0.3) is 0 Å². The van der Waals surface area contributed by atoms with Gasteiger partial charge in [0.05, 0.1) is 4.92 Å². The fraction of sp³-hybridized carbons (Fsp3) is 0.300. The second kappa shape index (κ2) is 9.47. The van der Waals surface area contributed by atoms with Gasteiger partial charge in [0.2, 0.25) is 0 Å². The summed E-state index contributed by atoms with van der Waals surface area (Å²) in [5, 5.41) is 13.7. The summed E-state index contributed by atoms with van der Waals surface area (Å²) in [5.74, 6) is -0.689. The Balaban J connectivity index is 2.22. The number of nitro groups is 1. The number of amides is 2. The van der Waals surface area contributed by atoms with E-state index in [0.717, 1.165) is 12.8 Å². The molecule has 0 radical (unpaired) electrons. The lowest BCUT2D eigenvalue weighted by Gasteiger charge is -2.21. The number of para-hydroxylation sites is 1. The van der Waals surface area contributed by atoms with Crippen LogP contribution in [-0.4, -0.2) is 34.7 Å². The Hall–Kier alpha value is -3.22. The summed E-state index contributed by atoms with van der Waals surface area (Å²) in [6.45, 7) is 5.36. The number of anilines is 1. The second-order valence-corrected chi connectivity index (χ2v) is 6.10. The standard InChI is InChI=1S/C20H23N3O4/c1-3-12-22(13-4-2)20(25)15-8-7-9-16(14-15)21-19(24)17-10-5-6-11-18(17)23(26)27/h5-11,14H,3-4,12-13H2,1-2H3,(H,21,24). The van der Waals surface area contributed by atoms with E-state index in [1.807, 2.05) is 13.8 Å². The summed E-state index contributed by atoms with van der Waals surface area (Å²) in [4.78, 5) is 37.4. The predicted octanol–water partition coefficient (Wildman–Crippen LogP) is 4.11. The summed E-state index contributed by atoms with van der Waals surface area (Å²) in [7, 11) is 0. The van der Waals surface area contributed by atoms with Crippen LogP contribution in [0, 0.1) is 10.1 Å². The summed E-state index contributed by atoms with van der Waals surface area (Å²) < 4.78 is 0. The highest BCUT2D eigenvalue weighted by atomic mass is 16.6. The van der Waals surface area contributed by atoms with Crippen molar-refractivity contribution in [2.24, 2.45) is 0 Å². The number of rotatable bonds is 8. The summed E-state index contributed by atoms with van der Waals surface area (Å²) in [6, 6.07) is 12.4.